The summed E-state index contributed by atoms with van der Waals surface area (Å²) < 4.78 is 0. The molecular weight excluding hydrogens is 338 g/mol. The standard InChI is InChI=1S/C17H23N5O2S/c1-12(2)10-15-21-22-17(25-15)20-14(23)8-9-18-16(24)19-11-13-6-4-3-5-7-13/h3-7,12H,8-11H2,1-2H3,(H2,18,19,24)(H,20,22,23). The van der Waals surface area contributed by atoms with Crippen molar-refractivity contribution in [2.24, 2.45) is 5.92 Å². The summed E-state index contributed by atoms with van der Waals surface area (Å²) in [7, 11) is 0. The fraction of sp³-hybridized carbons (Fsp3) is 0.412. The highest BCUT2D eigenvalue weighted by molar-refractivity contribution is 7.15. The highest BCUT2D eigenvalue weighted by atomic mass is 32.1. The van der Waals surface area contributed by atoms with E-state index < -0.39 is 0 Å². The summed E-state index contributed by atoms with van der Waals surface area (Å²) in [5, 5.41) is 17.5. The van der Waals surface area contributed by atoms with E-state index in [1.807, 2.05) is 30.3 Å². The van der Waals surface area contributed by atoms with E-state index in [4.69, 9.17) is 0 Å². The fourth-order valence-corrected chi connectivity index (χ4v) is 3.02. The minimum absolute atomic E-state index is 0.178. The van der Waals surface area contributed by atoms with Gasteiger partial charge in [-0.25, -0.2) is 4.79 Å². The Balaban J connectivity index is 1.63. The van der Waals surface area contributed by atoms with Gasteiger partial charge in [-0.05, 0) is 11.5 Å². The van der Waals surface area contributed by atoms with E-state index in [2.05, 4.69) is 40.0 Å². The van der Waals surface area contributed by atoms with Crippen molar-refractivity contribution in [3.8, 4) is 0 Å². The molecule has 8 heteroatoms. The first-order chi connectivity index (χ1) is 12.0. The van der Waals surface area contributed by atoms with Crippen LogP contribution in [0.15, 0.2) is 30.3 Å². The number of carbonyl (C=O) groups excluding carboxylic acids is 2. The quantitative estimate of drug-likeness (QED) is 0.673. The number of urea groups is 1. The van der Waals surface area contributed by atoms with Gasteiger partial charge in [-0.1, -0.05) is 55.5 Å². The minimum atomic E-state index is -0.299. The third kappa shape index (κ3) is 7.30. The van der Waals surface area contributed by atoms with Gasteiger partial charge in [-0.2, -0.15) is 0 Å². The molecule has 3 N–H and O–H groups in total. The smallest absolute Gasteiger partial charge is 0.315 e. The van der Waals surface area contributed by atoms with Gasteiger partial charge in [0.1, 0.15) is 5.01 Å². The number of benzene rings is 1. The Morgan fingerprint density at radius 1 is 1.12 bits per heavy atom. The molecule has 7 nitrogen and oxygen atoms in total. The summed E-state index contributed by atoms with van der Waals surface area (Å²) in [6, 6.07) is 9.32. The van der Waals surface area contributed by atoms with E-state index in [1.54, 1.807) is 0 Å². The predicted molar refractivity (Wildman–Crippen MR) is 98.4 cm³/mol. The maximum atomic E-state index is 11.9. The molecule has 0 saturated heterocycles. The van der Waals surface area contributed by atoms with Crippen molar-refractivity contribution in [2.75, 3.05) is 11.9 Å². The Morgan fingerprint density at radius 2 is 1.88 bits per heavy atom. The van der Waals surface area contributed by atoms with Crippen LogP contribution in [-0.2, 0) is 17.8 Å². The molecule has 0 aliphatic rings. The maximum absolute atomic E-state index is 11.9. The number of hydrogen-bond donors (Lipinski definition) is 3. The van der Waals surface area contributed by atoms with Gasteiger partial charge in [0, 0.05) is 25.9 Å². The molecule has 0 saturated carbocycles. The van der Waals surface area contributed by atoms with Crippen LogP contribution in [0.3, 0.4) is 0 Å². The molecule has 1 heterocycles. The van der Waals surface area contributed by atoms with E-state index >= 15 is 0 Å². The molecule has 0 aliphatic carbocycles. The van der Waals surface area contributed by atoms with Crippen LogP contribution in [0.5, 0.6) is 0 Å². The molecule has 0 fully saturated rings. The second kappa shape index (κ2) is 9.73. The first-order valence-corrected chi connectivity index (χ1v) is 9.02. The minimum Gasteiger partial charge on any atom is -0.338 e. The summed E-state index contributed by atoms with van der Waals surface area (Å²) in [6.07, 6.45) is 1.02. The van der Waals surface area contributed by atoms with E-state index in [1.165, 1.54) is 11.3 Å². The lowest BCUT2D eigenvalue weighted by molar-refractivity contribution is -0.116. The van der Waals surface area contributed by atoms with Crippen molar-refractivity contribution >= 4 is 28.4 Å². The van der Waals surface area contributed by atoms with Crippen LogP contribution in [0.1, 0.15) is 30.8 Å². The van der Waals surface area contributed by atoms with E-state index in [0.717, 1.165) is 17.0 Å². The average Bonchev–Trinajstić information content (AvgIpc) is 3.00. The molecule has 2 rings (SSSR count). The zero-order chi connectivity index (χ0) is 18.1. The van der Waals surface area contributed by atoms with E-state index in [-0.39, 0.29) is 24.9 Å². The average molecular weight is 361 g/mol. The van der Waals surface area contributed by atoms with Crippen LogP contribution < -0.4 is 16.0 Å². The van der Waals surface area contributed by atoms with Gasteiger partial charge in [-0.3, -0.25) is 4.79 Å². The number of nitrogens with zero attached hydrogens (tertiary/aromatic N) is 2. The number of anilines is 1. The molecule has 0 atom stereocenters. The van der Waals surface area contributed by atoms with Crippen LogP contribution in [-0.4, -0.2) is 28.7 Å². The van der Waals surface area contributed by atoms with Crippen LogP contribution in [0, 0.1) is 5.92 Å². The van der Waals surface area contributed by atoms with Gasteiger partial charge in [0.05, 0.1) is 0 Å². The van der Waals surface area contributed by atoms with Gasteiger partial charge in [0.2, 0.25) is 11.0 Å². The van der Waals surface area contributed by atoms with Crippen molar-refractivity contribution in [3.63, 3.8) is 0 Å². The zero-order valence-electron chi connectivity index (χ0n) is 14.4. The number of rotatable bonds is 8. The second-order valence-electron chi connectivity index (χ2n) is 5.99. The lowest BCUT2D eigenvalue weighted by Gasteiger charge is -2.07. The zero-order valence-corrected chi connectivity index (χ0v) is 15.2. The van der Waals surface area contributed by atoms with Crippen LogP contribution in [0.25, 0.3) is 0 Å². The molecule has 0 aliphatic heterocycles. The molecule has 0 unspecified atom stereocenters. The van der Waals surface area contributed by atoms with Crippen LogP contribution >= 0.6 is 11.3 Å². The fourth-order valence-electron chi connectivity index (χ4n) is 2.05. The molecule has 134 valence electrons. The van der Waals surface area contributed by atoms with Gasteiger partial charge >= 0.3 is 6.03 Å². The van der Waals surface area contributed by atoms with Crippen molar-refractivity contribution < 1.29 is 9.59 Å². The highest BCUT2D eigenvalue weighted by Crippen LogP contribution is 2.18. The summed E-state index contributed by atoms with van der Waals surface area (Å²) in [6.45, 7) is 4.91. The predicted octanol–water partition coefficient (Wildman–Crippen LogP) is 2.56. The van der Waals surface area contributed by atoms with E-state index in [9.17, 15) is 9.59 Å². The Labute approximate surface area is 151 Å². The lowest BCUT2D eigenvalue weighted by atomic mass is 10.1. The Morgan fingerprint density at radius 3 is 2.60 bits per heavy atom. The summed E-state index contributed by atoms with van der Waals surface area (Å²) in [4.78, 5) is 23.5. The molecule has 2 aromatic rings. The Kier molecular flexibility index (Phi) is 7.34. The highest BCUT2D eigenvalue weighted by Gasteiger charge is 2.09. The van der Waals surface area contributed by atoms with Gasteiger partial charge in [-0.15, -0.1) is 10.2 Å². The maximum Gasteiger partial charge on any atom is 0.315 e. The SMILES string of the molecule is CC(C)Cc1nnc(NC(=O)CCNC(=O)NCc2ccccc2)s1. The van der Waals surface area contributed by atoms with Crippen molar-refractivity contribution in [3.05, 3.63) is 40.9 Å². The first-order valence-electron chi connectivity index (χ1n) is 8.21. The molecule has 25 heavy (non-hydrogen) atoms. The summed E-state index contributed by atoms with van der Waals surface area (Å²) >= 11 is 1.38. The molecule has 1 aromatic heterocycles. The number of hydrogen-bond acceptors (Lipinski definition) is 5. The largest absolute Gasteiger partial charge is 0.338 e. The van der Waals surface area contributed by atoms with Crippen molar-refractivity contribution in [2.45, 2.75) is 33.2 Å². The number of nitrogens with one attached hydrogen (secondary N) is 3. The Bertz CT molecular complexity index is 687. The summed E-state index contributed by atoms with van der Waals surface area (Å²) in [5.74, 6) is 0.297. The second-order valence-corrected chi connectivity index (χ2v) is 7.05. The van der Waals surface area contributed by atoms with Crippen LogP contribution in [0.2, 0.25) is 0 Å². The topological polar surface area (TPSA) is 96.0 Å². The Hall–Kier alpha value is -2.48. The molecule has 0 radical (unpaired) electrons. The molecule has 0 spiro atoms. The van der Waals surface area contributed by atoms with Crippen LogP contribution in [0.4, 0.5) is 9.93 Å². The lowest BCUT2D eigenvalue weighted by Crippen LogP contribution is -2.36. The van der Waals surface area contributed by atoms with Gasteiger partial charge < -0.3 is 16.0 Å². The third-order valence-electron chi connectivity index (χ3n) is 3.23. The van der Waals surface area contributed by atoms with Gasteiger partial charge in [0.25, 0.3) is 0 Å². The third-order valence-corrected chi connectivity index (χ3v) is 4.09. The number of aromatic nitrogens is 2. The van der Waals surface area contributed by atoms with Crippen molar-refractivity contribution in [1.82, 2.24) is 20.8 Å². The normalized spacial score (nSPS) is 10.5. The first kappa shape index (κ1) is 18.9. The number of carbonyl (C=O) groups is 2. The molecule has 1 aromatic carbocycles. The molecular formula is C17H23N5O2S. The number of amides is 3. The van der Waals surface area contributed by atoms with Crippen molar-refractivity contribution in [1.29, 1.82) is 0 Å². The molecule has 3 amide bonds. The van der Waals surface area contributed by atoms with E-state index in [0.29, 0.717) is 17.6 Å². The molecule has 0 bridgehead atoms. The van der Waals surface area contributed by atoms with Gasteiger partial charge in [0.15, 0.2) is 0 Å². The monoisotopic (exact) mass is 361 g/mol. The summed E-state index contributed by atoms with van der Waals surface area (Å²) in [5.41, 5.74) is 1.02.